The molecule has 0 spiro atoms. The van der Waals surface area contributed by atoms with E-state index < -0.39 is 0 Å². The summed E-state index contributed by atoms with van der Waals surface area (Å²) in [5, 5.41) is 6.90. The summed E-state index contributed by atoms with van der Waals surface area (Å²) in [5.41, 5.74) is 0. The van der Waals surface area contributed by atoms with Gasteiger partial charge in [-0.1, -0.05) is 13.3 Å². The molecule has 1 atom stereocenters. The Morgan fingerprint density at radius 3 is 2.46 bits per heavy atom. The Morgan fingerprint density at radius 2 is 2.08 bits per heavy atom. The van der Waals surface area contributed by atoms with Crippen LogP contribution in [0.25, 0.3) is 0 Å². The van der Waals surface area contributed by atoms with Crippen molar-refractivity contribution in [1.82, 2.24) is 4.90 Å². The molecule has 76 valence electrons. The molecule has 3 nitrogen and oxygen atoms in total. The first-order valence-corrected chi connectivity index (χ1v) is 4.95. The van der Waals surface area contributed by atoms with Crippen molar-refractivity contribution in [3.63, 3.8) is 0 Å². The SMILES string of the molecule is CCCC(C)N(C)/C(Cl)=N\C(=N)Cl. The fourth-order valence-electron chi connectivity index (χ4n) is 0.953. The van der Waals surface area contributed by atoms with Crippen molar-refractivity contribution in [3.05, 3.63) is 0 Å². The summed E-state index contributed by atoms with van der Waals surface area (Å²) in [5.74, 6) is 0. The Morgan fingerprint density at radius 1 is 1.54 bits per heavy atom. The first kappa shape index (κ1) is 12.7. The van der Waals surface area contributed by atoms with Gasteiger partial charge < -0.3 is 4.90 Å². The second-order valence-electron chi connectivity index (χ2n) is 2.92. The molecule has 5 heteroatoms. The van der Waals surface area contributed by atoms with Gasteiger partial charge in [-0.05, 0) is 36.5 Å². The molecule has 0 bridgehead atoms. The van der Waals surface area contributed by atoms with Crippen molar-refractivity contribution in [1.29, 1.82) is 5.41 Å². The van der Waals surface area contributed by atoms with Gasteiger partial charge in [-0.25, -0.2) is 0 Å². The maximum absolute atomic E-state index is 6.93. The minimum absolute atomic E-state index is 0.265. The highest BCUT2D eigenvalue weighted by molar-refractivity contribution is 6.70. The zero-order valence-corrected chi connectivity index (χ0v) is 9.65. The molecule has 0 fully saturated rings. The fourth-order valence-corrected chi connectivity index (χ4v) is 1.33. The molecule has 0 saturated carbocycles. The van der Waals surface area contributed by atoms with Crippen LogP contribution in [-0.2, 0) is 0 Å². The molecule has 0 aliphatic heterocycles. The lowest BCUT2D eigenvalue weighted by atomic mass is 10.2. The Labute approximate surface area is 89.2 Å². The minimum Gasteiger partial charge on any atom is -0.347 e. The molecule has 0 rings (SSSR count). The third kappa shape index (κ3) is 5.11. The standard InChI is InChI=1S/C8H15Cl2N3/c1-4-5-6(2)13(3)8(10)12-7(9)11/h6,11H,4-5H2,1-3H3/b11-7?,12-8-. The number of hydrogen-bond acceptors (Lipinski definition) is 1. The number of halogens is 2. The smallest absolute Gasteiger partial charge is 0.217 e. The monoisotopic (exact) mass is 223 g/mol. The van der Waals surface area contributed by atoms with Crippen molar-refractivity contribution in [2.45, 2.75) is 32.7 Å². The number of nitrogens with one attached hydrogen (secondary N) is 1. The summed E-state index contributed by atoms with van der Waals surface area (Å²) >= 11 is 11.1. The number of nitrogens with zero attached hydrogens (tertiary/aromatic N) is 2. The Kier molecular flexibility index (Phi) is 6.08. The second kappa shape index (κ2) is 6.22. The van der Waals surface area contributed by atoms with E-state index in [1.165, 1.54) is 0 Å². The van der Waals surface area contributed by atoms with Crippen LogP contribution in [-0.4, -0.2) is 28.6 Å². The molecular formula is C8H15Cl2N3. The minimum atomic E-state index is -0.291. The Bertz CT molecular complexity index is 204. The van der Waals surface area contributed by atoms with Crippen LogP contribution in [0.5, 0.6) is 0 Å². The van der Waals surface area contributed by atoms with E-state index in [1.54, 1.807) is 0 Å². The van der Waals surface area contributed by atoms with E-state index in [0.29, 0.717) is 6.04 Å². The van der Waals surface area contributed by atoms with Gasteiger partial charge in [-0.15, -0.1) is 0 Å². The lowest BCUT2D eigenvalue weighted by molar-refractivity contribution is 0.372. The molecule has 0 radical (unpaired) electrons. The van der Waals surface area contributed by atoms with Gasteiger partial charge in [0, 0.05) is 13.1 Å². The van der Waals surface area contributed by atoms with Gasteiger partial charge in [-0.2, -0.15) is 4.99 Å². The average Bonchev–Trinajstić information content (AvgIpc) is 2.02. The van der Waals surface area contributed by atoms with Crippen LogP contribution in [0.2, 0.25) is 0 Å². The van der Waals surface area contributed by atoms with E-state index in [9.17, 15) is 0 Å². The normalized spacial score (nSPS) is 14.1. The van der Waals surface area contributed by atoms with E-state index in [1.807, 2.05) is 11.9 Å². The molecule has 13 heavy (non-hydrogen) atoms. The average molecular weight is 224 g/mol. The molecule has 0 heterocycles. The molecular weight excluding hydrogens is 209 g/mol. The molecule has 0 aliphatic carbocycles. The number of amidine groups is 2. The highest BCUT2D eigenvalue weighted by Crippen LogP contribution is 2.07. The highest BCUT2D eigenvalue weighted by Gasteiger charge is 2.11. The topological polar surface area (TPSA) is 39.5 Å². The van der Waals surface area contributed by atoms with E-state index >= 15 is 0 Å². The molecule has 1 N–H and O–H groups in total. The summed E-state index contributed by atoms with van der Waals surface area (Å²) < 4.78 is 0. The summed E-state index contributed by atoms with van der Waals surface area (Å²) in [4.78, 5) is 5.44. The van der Waals surface area contributed by atoms with Gasteiger partial charge in [0.15, 0.2) is 0 Å². The molecule has 1 unspecified atom stereocenters. The third-order valence-corrected chi connectivity index (χ3v) is 2.28. The van der Waals surface area contributed by atoms with Crippen LogP contribution in [0.4, 0.5) is 0 Å². The Balaban J connectivity index is 4.23. The Hall–Kier alpha value is -0.280. The first-order chi connectivity index (χ1) is 5.99. The van der Waals surface area contributed by atoms with Crippen LogP contribution in [0.1, 0.15) is 26.7 Å². The number of rotatable bonds is 3. The quantitative estimate of drug-likeness (QED) is 0.447. The summed E-state index contributed by atoms with van der Waals surface area (Å²) in [6.07, 6.45) is 2.13. The zero-order valence-electron chi connectivity index (χ0n) is 8.14. The van der Waals surface area contributed by atoms with Crippen LogP contribution < -0.4 is 0 Å². The van der Waals surface area contributed by atoms with Crippen molar-refractivity contribution >= 4 is 33.8 Å². The molecule has 0 aromatic carbocycles. The lowest BCUT2D eigenvalue weighted by Gasteiger charge is -2.24. The van der Waals surface area contributed by atoms with Crippen molar-refractivity contribution in [3.8, 4) is 0 Å². The zero-order chi connectivity index (χ0) is 10.4. The van der Waals surface area contributed by atoms with Gasteiger partial charge in [-0.3, -0.25) is 5.41 Å². The number of aliphatic imine (C=N–C) groups is 1. The predicted octanol–water partition coefficient (Wildman–Crippen LogP) is 2.88. The van der Waals surface area contributed by atoms with Gasteiger partial charge in [0.25, 0.3) is 0 Å². The molecule has 0 aromatic rings. The van der Waals surface area contributed by atoms with E-state index in [4.69, 9.17) is 28.6 Å². The molecule has 0 saturated heterocycles. The largest absolute Gasteiger partial charge is 0.347 e. The van der Waals surface area contributed by atoms with Crippen molar-refractivity contribution in [2.24, 2.45) is 4.99 Å². The van der Waals surface area contributed by atoms with Crippen molar-refractivity contribution in [2.75, 3.05) is 7.05 Å². The van der Waals surface area contributed by atoms with Gasteiger partial charge in [0.1, 0.15) is 0 Å². The second-order valence-corrected chi connectivity index (χ2v) is 3.62. The van der Waals surface area contributed by atoms with E-state index in [0.717, 1.165) is 12.8 Å². The van der Waals surface area contributed by atoms with Crippen molar-refractivity contribution < 1.29 is 0 Å². The summed E-state index contributed by atoms with van der Waals surface area (Å²) in [6, 6.07) is 0.317. The lowest BCUT2D eigenvalue weighted by Crippen LogP contribution is -2.32. The highest BCUT2D eigenvalue weighted by atomic mass is 35.5. The molecule has 0 aliphatic rings. The maximum atomic E-state index is 6.93. The first-order valence-electron chi connectivity index (χ1n) is 4.20. The van der Waals surface area contributed by atoms with Gasteiger partial charge >= 0.3 is 0 Å². The van der Waals surface area contributed by atoms with E-state index in [-0.39, 0.29) is 10.6 Å². The number of hydrogen-bond donors (Lipinski definition) is 1. The molecule has 0 amide bonds. The van der Waals surface area contributed by atoms with E-state index in [2.05, 4.69) is 18.8 Å². The predicted molar refractivity (Wildman–Crippen MR) is 59.0 cm³/mol. The maximum Gasteiger partial charge on any atom is 0.217 e. The van der Waals surface area contributed by atoms with Crippen LogP contribution in [0.3, 0.4) is 0 Å². The third-order valence-electron chi connectivity index (χ3n) is 1.85. The van der Waals surface area contributed by atoms with Crippen LogP contribution >= 0.6 is 23.2 Å². The van der Waals surface area contributed by atoms with Gasteiger partial charge in [0.2, 0.25) is 10.6 Å². The fraction of sp³-hybridized carbons (Fsp3) is 0.750. The summed E-state index contributed by atoms with van der Waals surface area (Å²) in [6.45, 7) is 4.16. The van der Waals surface area contributed by atoms with Gasteiger partial charge in [0.05, 0.1) is 0 Å². The molecule has 0 aromatic heterocycles. The van der Waals surface area contributed by atoms with Crippen LogP contribution in [0, 0.1) is 5.41 Å². The summed E-state index contributed by atoms with van der Waals surface area (Å²) in [7, 11) is 1.84. The van der Waals surface area contributed by atoms with Crippen LogP contribution in [0.15, 0.2) is 4.99 Å².